The summed E-state index contributed by atoms with van der Waals surface area (Å²) in [4.78, 5) is -0.269. The maximum atomic E-state index is 12.0. The van der Waals surface area contributed by atoms with E-state index < -0.39 is 11.7 Å². The summed E-state index contributed by atoms with van der Waals surface area (Å²) in [6.07, 6.45) is -4.38. The van der Waals surface area contributed by atoms with Crippen molar-refractivity contribution in [1.82, 2.24) is 0 Å². The molecule has 0 atom stereocenters. The molecule has 64 valence electrons. The normalized spacial score (nSPS) is 14.4. The summed E-state index contributed by atoms with van der Waals surface area (Å²) in [6.45, 7) is 2.50. The average molecular weight is 200 g/mol. The van der Waals surface area contributed by atoms with Crippen LogP contribution in [0.2, 0.25) is 0 Å². The van der Waals surface area contributed by atoms with Crippen LogP contribution in [0, 0.1) is 0 Å². The number of rotatable bonds is 1. The van der Waals surface area contributed by atoms with Gasteiger partial charge >= 0.3 is 6.18 Å². The maximum Gasteiger partial charge on any atom is 0.418 e. The van der Waals surface area contributed by atoms with Crippen LogP contribution in [0.1, 0.15) is 13.8 Å². The highest BCUT2D eigenvalue weighted by Gasteiger charge is 2.35. The number of hydrogen-bond acceptors (Lipinski definition) is 2. The predicted molar refractivity (Wildman–Crippen MR) is 46.0 cm³/mol. The third-order valence-corrected chi connectivity index (χ3v) is 1.43. The molecule has 5 heteroatoms. The Kier molecular flexibility index (Phi) is 3.57. The van der Waals surface area contributed by atoms with Crippen molar-refractivity contribution in [2.45, 2.75) is 20.0 Å². The van der Waals surface area contributed by atoms with Crippen LogP contribution in [0.25, 0.3) is 0 Å². The number of allylic oxidation sites excluding steroid dienone is 2. The van der Waals surface area contributed by atoms with Gasteiger partial charge in [0.05, 0.1) is 5.57 Å². The molecule has 11 heavy (non-hydrogen) atoms. The van der Waals surface area contributed by atoms with Crippen molar-refractivity contribution in [2.75, 3.05) is 0 Å². The molecule has 0 bridgehead atoms. The molecule has 0 amide bonds. The first-order chi connectivity index (χ1) is 4.76. The lowest BCUT2D eigenvalue weighted by Gasteiger charge is -2.11. The first-order valence-corrected chi connectivity index (χ1v) is 3.60. The zero-order chi connectivity index (χ0) is 9.23. The van der Waals surface area contributed by atoms with Crippen molar-refractivity contribution >= 4 is 29.7 Å². The highest BCUT2D eigenvalue weighted by atomic mass is 32.1. The Balaban J connectivity index is 4.96. The smallest absolute Gasteiger partial charge is 0.166 e. The summed E-state index contributed by atoms with van der Waals surface area (Å²) < 4.78 is 36.1. The molecular formula is C6H7F3S2. The Morgan fingerprint density at radius 2 is 1.64 bits per heavy atom. The van der Waals surface area contributed by atoms with Crippen molar-refractivity contribution in [3.8, 4) is 0 Å². The Morgan fingerprint density at radius 3 is 1.64 bits per heavy atom. The summed E-state index contributed by atoms with van der Waals surface area (Å²) in [5.41, 5.74) is -0.809. The van der Waals surface area contributed by atoms with E-state index in [4.69, 9.17) is 0 Å². The fourth-order valence-electron chi connectivity index (χ4n) is 0.659. The van der Waals surface area contributed by atoms with E-state index in [2.05, 4.69) is 24.8 Å². The Bertz CT molecular complexity index is 198. The number of alkyl halides is 3. The second-order valence-corrected chi connectivity index (χ2v) is 3.30. The molecule has 0 N–H and O–H groups in total. The van der Waals surface area contributed by atoms with Gasteiger partial charge in [0.15, 0.2) is 0 Å². The van der Waals surface area contributed by atoms with Crippen molar-refractivity contribution in [2.24, 2.45) is 0 Å². The van der Waals surface area contributed by atoms with Crippen molar-refractivity contribution in [1.29, 1.82) is 0 Å². The molecule has 0 unspecified atom stereocenters. The van der Waals surface area contributed by atoms with Crippen LogP contribution in [-0.2, 0) is 0 Å². The van der Waals surface area contributed by atoms with Crippen LogP contribution in [-0.4, -0.2) is 11.0 Å². The fraction of sp³-hybridized carbons (Fsp3) is 0.500. The van der Waals surface area contributed by atoms with Gasteiger partial charge in [-0.15, -0.1) is 12.6 Å². The van der Waals surface area contributed by atoms with Crippen LogP contribution >= 0.6 is 24.8 Å². The van der Waals surface area contributed by atoms with Crippen LogP contribution < -0.4 is 0 Å². The highest BCUT2D eigenvalue weighted by Crippen LogP contribution is 2.30. The molecule has 0 aromatic rings. The minimum absolute atomic E-state index is 0.0926. The molecule has 0 aromatic carbocycles. The molecule has 0 saturated heterocycles. The minimum atomic E-state index is -4.38. The Labute approximate surface area is 73.9 Å². The van der Waals surface area contributed by atoms with Crippen LogP contribution in [0.3, 0.4) is 0 Å². The predicted octanol–water partition coefficient (Wildman–Crippen LogP) is 3.14. The molecule has 0 rings (SSSR count). The molecule has 0 fully saturated rings. The van der Waals surface area contributed by atoms with Gasteiger partial charge in [0.25, 0.3) is 0 Å². The van der Waals surface area contributed by atoms with Crippen LogP contribution in [0.4, 0.5) is 13.2 Å². The zero-order valence-corrected chi connectivity index (χ0v) is 7.70. The van der Waals surface area contributed by atoms with Gasteiger partial charge in [-0.1, -0.05) is 12.2 Å². The monoisotopic (exact) mass is 200 g/mol. The van der Waals surface area contributed by atoms with E-state index in [0.717, 1.165) is 0 Å². The largest absolute Gasteiger partial charge is 0.418 e. The van der Waals surface area contributed by atoms with Crippen LogP contribution in [0.15, 0.2) is 10.5 Å². The Morgan fingerprint density at radius 1 is 1.27 bits per heavy atom. The summed E-state index contributed by atoms with van der Waals surface area (Å²) >= 11 is 8.01. The van der Waals surface area contributed by atoms with Gasteiger partial charge in [-0.3, -0.25) is 0 Å². The number of thiocarbonyl (C=S) groups is 1. The molecule has 0 saturated carbocycles. The van der Waals surface area contributed by atoms with E-state index in [-0.39, 0.29) is 9.77 Å². The second-order valence-electron chi connectivity index (χ2n) is 2.01. The van der Waals surface area contributed by atoms with Gasteiger partial charge in [0.2, 0.25) is 0 Å². The molecule has 0 spiro atoms. The van der Waals surface area contributed by atoms with Crippen molar-refractivity contribution < 1.29 is 13.2 Å². The topological polar surface area (TPSA) is 0 Å². The van der Waals surface area contributed by atoms with E-state index in [9.17, 15) is 13.2 Å². The zero-order valence-electron chi connectivity index (χ0n) is 5.99. The summed E-state index contributed by atoms with van der Waals surface area (Å²) in [5, 5.41) is 0. The SMILES string of the molecule is CC(=S)/C(=C(\C)S)C(F)(F)F. The summed E-state index contributed by atoms with van der Waals surface area (Å²) in [6, 6.07) is 0. The third kappa shape index (κ3) is 3.25. The van der Waals surface area contributed by atoms with E-state index >= 15 is 0 Å². The third-order valence-electron chi connectivity index (χ3n) is 0.997. The molecule has 0 aromatic heterocycles. The number of thiol groups is 1. The lowest BCUT2D eigenvalue weighted by atomic mass is 10.2. The van der Waals surface area contributed by atoms with E-state index in [1.165, 1.54) is 13.8 Å². The van der Waals surface area contributed by atoms with E-state index in [1.54, 1.807) is 0 Å². The molecule has 0 heterocycles. The Hall–Kier alpha value is -0.0300. The standard InChI is InChI=1S/C6H7F3S2/c1-3(10)5(4(2)11)6(7,8)9/h10H,1-2H3/b5-3-. The van der Waals surface area contributed by atoms with Crippen LogP contribution in [0.5, 0.6) is 0 Å². The van der Waals surface area contributed by atoms with Gasteiger partial charge < -0.3 is 0 Å². The van der Waals surface area contributed by atoms with E-state index in [0.29, 0.717) is 0 Å². The minimum Gasteiger partial charge on any atom is -0.166 e. The second kappa shape index (κ2) is 3.58. The first-order valence-electron chi connectivity index (χ1n) is 2.74. The lowest BCUT2D eigenvalue weighted by Crippen LogP contribution is -2.17. The van der Waals surface area contributed by atoms with Gasteiger partial charge in [0, 0.05) is 4.86 Å². The molecule has 0 aliphatic carbocycles. The van der Waals surface area contributed by atoms with Gasteiger partial charge in [-0.25, -0.2) is 0 Å². The lowest BCUT2D eigenvalue weighted by molar-refractivity contribution is -0.0861. The molecule has 0 nitrogen and oxygen atoms in total. The van der Waals surface area contributed by atoms with E-state index in [1.807, 2.05) is 0 Å². The molecule has 0 aliphatic rings. The maximum absolute atomic E-state index is 12.0. The average Bonchev–Trinajstić information content (AvgIpc) is 1.54. The van der Waals surface area contributed by atoms with Gasteiger partial charge in [-0.2, -0.15) is 13.2 Å². The molecular weight excluding hydrogens is 193 g/mol. The molecule has 0 aliphatic heterocycles. The van der Waals surface area contributed by atoms with Crippen molar-refractivity contribution in [3.63, 3.8) is 0 Å². The quantitative estimate of drug-likeness (QED) is 0.385. The summed E-state index contributed by atoms with van der Waals surface area (Å²) in [7, 11) is 0. The van der Waals surface area contributed by atoms with Crippen molar-refractivity contribution in [3.05, 3.63) is 10.5 Å². The first kappa shape index (κ1) is 11.0. The molecule has 0 radical (unpaired) electrons. The fourth-order valence-corrected chi connectivity index (χ4v) is 1.30. The highest BCUT2D eigenvalue weighted by molar-refractivity contribution is 7.85. The van der Waals surface area contributed by atoms with Gasteiger partial charge in [0.1, 0.15) is 0 Å². The number of hydrogen-bond donors (Lipinski definition) is 1. The van der Waals surface area contributed by atoms with Gasteiger partial charge in [-0.05, 0) is 18.8 Å². The summed E-state index contributed by atoms with van der Waals surface area (Å²) in [5.74, 6) is 0. The number of halogens is 3.